The number of hydrogen-bond acceptors (Lipinski definition) is 7. The van der Waals surface area contributed by atoms with Crippen molar-refractivity contribution in [1.29, 1.82) is 0 Å². The Morgan fingerprint density at radius 3 is 2.45 bits per heavy atom. The Labute approximate surface area is 128 Å². The molecule has 1 aromatic carbocycles. The van der Waals surface area contributed by atoms with Crippen molar-refractivity contribution in [2.75, 3.05) is 10.6 Å². The molecular formula is C12H11N5O4S. The van der Waals surface area contributed by atoms with Gasteiger partial charge in [-0.3, -0.25) is 25.0 Å². The summed E-state index contributed by atoms with van der Waals surface area (Å²) in [5.41, 5.74) is 0.321. The zero-order chi connectivity index (χ0) is 16.3. The van der Waals surface area contributed by atoms with Crippen molar-refractivity contribution < 1.29 is 14.5 Å². The zero-order valence-electron chi connectivity index (χ0n) is 11.6. The number of nitrogens with one attached hydrogen (secondary N) is 2. The van der Waals surface area contributed by atoms with Gasteiger partial charge >= 0.3 is 11.8 Å². The number of aromatic nitrogens is 2. The molecule has 0 aliphatic heterocycles. The van der Waals surface area contributed by atoms with Crippen LogP contribution in [0.15, 0.2) is 18.2 Å². The second-order valence-corrected chi connectivity index (χ2v) is 5.42. The molecule has 0 bridgehead atoms. The number of anilines is 2. The Kier molecular flexibility index (Phi) is 4.41. The lowest BCUT2D eigenvalue weighted by molar-refractivity contribution is -0.385. The summed E-state index contributed by atoms with van der Waals surface area (Å²) in [7, 11) is 0. The van der Waals surface area contributed by atoms with Crippen LogP contribution >= 0.6 is 11.3 Å². The van der Waals surface area contributed by atoms with Gasteiger partial charge in [0, 0.05) is 6.07 Å². The molecule has 2 amide bonds. The fraction of sp³-hybridized carbons (Fsp3) is 0.167. The number of benzene rings is 1. The van der Waals surface area contributed by atoms with Crippen molar-refractivity contribution in [1.82, 2.24) is 10.2 Å². The standard InChI is InChI=1S/C12H11N5O4S/c1-6-8(4-3-5-9(6)17(20)21)13-10(18)11(19)14-12-16-15-7(2)22-12/h3-5H,1-2H3,(H,13,18)(H,14,16,19). The van der Waals surface area contributed by atoms with Crippen molar-refractivity contribution in [3.05, 3.63) is 38.9 Å². The number of carbonyl (C=O) groups excluding carboxylic acids is 2. The molecule has 1 aromatic heterocycles. The summed E-state index contributed by atoms with van der Waals surface area (Å²) < 4.78 is 0. The Morgan fingerprint density at radius 1 is 1.18 bits per heavy atom. The minimum Gasteiger partial charge on any atom is -0.317 e. The molecule has 2 rings (SSSR count). The van der Waals surface area contributed by atoms with Crippen LogP contribution in [0.5, 0.6) is 0 Å². The first-order valence-electron chi connectivity index (χ1n) is 6.05. The summed E-state index contributed by atoms with van der Waals surface area (Å²) in [6, 6.07) is 4.21. The van der Waals surface area contributed by atoms with Crippen LogP contribution in [0.2, 0.25) is 0 Å². The predicted octanol–water partition coefficient (Wildman–Crippen LogP) is 1.64. The zero-order valence-corrected chi connectivity index (χ0v) is 12.4. The molecule has 114 valence electrons. The summed E-state index contributed by atoms with van der Waals surface area (Å²) >= 11 is 1.13. The SMILES string of the molecule is Cc1nnc(NC(=O)C(=O)Nc2cccc([N+](=O)[O-])c2C)s1. The number of aryl methyl sites for hydroxylation is 1. The van der Waals surface area contributed by atoms with Gasteiger partial charge in [-0.05, 0) is 19.9 Å². The molecule has 0 spiro atoms. The molecule has 2 N–H and O–H groups in total. The van der Waals surface area contributed by atoms with Gasteiger partial charge in [-0.2, -0.15) is 0 Å². The maximum absolute atomic E-state index is 11.8. The minimum absolute atomic E-state index is 0.141. The molecule has 9 nitrogen and oxygen atoms in total. The lowest BCUT2D eigenvalue weighted by Crippen LogP contribution is -2.29. The van der Waals surface area contributed by atoms with E-state index >= 15 is 0 Å². The highest BCUT2D eigenvalue weighted by Crippen LogP contribution is 2.25. The molecule has 2 aromatic rings. The van der Waals surface area contributed by atoms with Crippen LogP contribution in [0.25, 0.3) is 0 Å². The smallest absolute Gasteiger partial charge is 0.315 e. The highest BCUT2D eigenvalue weighted by molar-refractivity contribution is 7.15. The first-order chi connectivity index (χ1) is 10.4. The van der Waals surface area contributed by atoms with Gasteiger partial charge in [-0.1, -0.05) is 17.4 Å². The van der Waals surface area contributed by atoms with E-state index in [0.29, 0.717) is 5.01 Å². The number of nitro groups is 1. The van der Waals surface area contributed by atoms with Gasteiger partial charge in [-0.25, -0.2) is 0 Å². The molecular weight excluding hydrogens is 310 g/mol. The molecule has 1 heterocycles. The Hall–Kier alpha value is -2.88. The molecule has 0 unspecified atom stereocenters. The number of hydrogen-bond donors (Lipinski definition) is 2. The molecule has 10 heteroatoms. The summed E-state index contributed by atoms with van der Waals surface area (Å²) in [6.45, 7) is 3.19. The molecule has 0 radical (unpaired) electrons. The van der Waals surface area contributed by atoms with Crippen LogP contribution < -0.4 is 10.6 Å². The van der Waals surface area contributed by atoms with Crippen molar-refractivity contribution >= 4 is 39.7 Å². The Bertz CT molecular complexity index is 758. The van der Waals surface area contributed by atoms with Gasteiger partial charge in [0.25, 0.3) is 5.69 Å². The number of amides is 2. The van der Waals surface area contributed by atoms with Crippen LogP contribution in [0.1, 0.15) is 10.6 Å². The van der Waals surface area contributed by atoms with Crippen LogP contribution in [0, 0.1) is 24.0 Å². The Morgan fingerprint density at radius 2 is 1.86 bits per heavy atom. The van der Waals surface area contributed by atoms with E-state index in [4.69, 9.17) is 0 Å². The number of rotatable bonds is 3. The van der Waals surface area contributed by atoms with Crippen molar-refractivity contribution in [2.24, 2.45) is 0 Å². The molecule has 0 atom stereocenters. The molecule has 0 aliphatic carbocycles. The maximum atomic E-state index is 11.8. The molecule has 0 aliphatic rings. The third-order valence-corrected chi connectivity index (χ3v) is 3.46. The number of carbonyl (C=O) groups is 2. The van der Waals surface area contributed by atoms with Crippen LogP contribution in [-0.2, 0) is 9.59 Å². The highest BCUT2D eigenvalue weighted by Gasteiger charge is 2.19. The van der Waals surface area contributed by atoms with E-state index in [0.717, 1.165) is 11.3 Å². The van der Waals surface area contributed by atoms with E-state index in [1.807, 2.05) is 0 Å². The van der Waals surface area contributed by atoms with E-state index in [2.05, 4.69) is 20.8 Å². The molecule has 0 saturated carbocycles. The van der Waals surface area contributed by atoms with E-state index in [-0.39, 0.29) is 22.1 Å². The summed E-state index contributed by atoms with van der Waals surface area (Å²) in [5.74, 6) is -1.88. The Balaban J connectivity index is 2.10. The van der Waals surface area contributed by atoms with Crippen molar-refractivity contribution in [3.8, 4) is 0 Å². The van der Waals surface area contributed by atoms with Gasteiger partial charge in [0.2, 0.25) is 5.13 Å². The van der Waals surface area contributed by atoms with Crippen LogP contribution in [0.3, 0.4) is 0 Å². The minimum atomic E-state index is -0.948. The first-order valence-corrected chi connectivity index (χ1v) is 6.86. The highest BCUT2D eigenvalue weighted by atomic mass is 32.1. The lowest BCUT2D eigenvalue weighted by Gasteiger charge is -2.07. The summed E-state index contributed by atoms with van der Waals surface area (Å²) in [6.07, 6.45) is 0. The average molecular weight is 321 g/mol. The van der Waals surface area contributed by atoms with E-state index in [9.17, 15) is 19.7 Å². The quantitative estimate of drug-likeness (QED) is 0.502. The van der Waals surface area contributed by atoms with E-state index in [1.165, 1.54) is 25.1 Å². The monoisotopic (exact) mass is 321 g/mol. The van der Waals surface area contributed by atoms with Crippen molar-refractivity contribution in [2.45, 2.75) is 13.8 Å². The summed E-state index contributed by atoms with van der Waals surface area (Å²) in [5, 5.41) is 23.7. The third-order valence-electron chi connectivity index (χ3n) is 2.70. The van der Waals surface area contributed by atoms with Crippen molar-refractivity contribution in [3.63, 3.8) is 0 Å². The predicted molar refractivity (Wildman–Crippen MR) is 79.7 cm³/mol. The van der Waals surface area contributed by atoms with Crippen LogP contribution in [-0.4, -0.2) is 26.9 Å². The first kappa shape index (κ1) is 15.5. The van der Waals surface area contributed by atoms with Gasteiger partial charge in [0.05, 0.1) is 16.2 Å². The summed E-state index contributed by atoms with van der Waals surface area (Å²) in [4.78, 5) is 33.8. The average Bonchev–Trinajstić information content (AvgIpc) is 2.86. The van der Waals surface area contributed by atoms with E-state index < -0.39 is 16.7 Å². The van der Waals surface area contributed by atoms with Gasteiger partial charge in [0.15, 0.2) is 0 Å². The maximum Gasteiger partial charge on any atom is 0.315 e. The molecule has 0 fully saturated rings. The van der Waals surface area contributed by atoms with Gasteiger partial charge in [-0.15, -0.1) is 10.2 Å². The van der Waals surface area contributed by atoms with Crippen LogP contribution in [0.4, 0.5) is 16.5 Å². The second kappa shape index (κ2) is 6.26. The fourth-order valence-electron chi connectivity index (χ4n) is 1.64. The largest absolute Gasteiger partial charge is 0.317 e. The number of nitrogens with zero attached hydrogens (tertiary/aromatic N) is 3. The van der Waals surface area contributed by atoms with Gasteiger partial charge in [0.1, 0.15) is 5.01 Å². The second-order valence-electron chi connectivity index (χ2n) is 4.24. The van der Waals surface area contributed by atoms with Gasteiger partial charge < -0.3 is 5.32 Å². The third kappa shape index (κ3) is 3.41. The molecule has 22 heavy (non-hydrogen) atoms. The lowest BCUT2D eigenvalue weighted by atomic mass is 10.1. The topological polar surface area (TPSA) is 127 Å². The van der Waals surface area contributed by atoms with E-state index in [1.54, 1.807) is 6.92 Å². The number of nitro benzene ring substituents is 1. The normalized spacial score (nSPS) is 10.1. The fourth-order valence-corrected chi connectivity index (χ4v) is 2.22. The molecule has 0 saturated heterocycles.